The maximum absolute atomic E-state index is 5.31. The van der Waals surface area contributed by atoms with Crippen molar-refractivity contribution in [2.45, 2.75) is 25.7 Å². The first kappa shape index (κ1) is 14.3. The molecule has 1 aliphatic carbocycles. The lowest BCUT2D eigenvalue weighted by Gasteiger charge is -2.12. The minimum Gasteiger partial charge on any atom is -0.496 e. The molecule has 1 saturated carbocycles. The maximum Gasteiger partial charge on any atom is 0.161 e. The quantitative estimate of drug-likeness (QED) is 0.902. The summed E-state index contributed by atoms with van der Waals surface area (Å²) in [6, 6.07) is 6.04. The third-order valence-corrected chi connectivity index (χ3v) is 4.51. The van der Waals surface area contributed by atoms with Crippen LogP contribution in [0.4, 0.5) is 5.82 Å². The van der Waals surface area contributed by atoms with Crippen LogP contribution >= 0.6 is 15.9 Å². The van der Waals surface area contributed by atoms with Crippen LogP contribution in [0.15, 0.2) is 22.7 Å². The third-order valence-electron chi connectivity index (χ3n) is 3.73. The summed E-state index contributed by atoms with van der Waals surface area (Å²) in [4.78, 5) is 9.39. The lowest BCUT2D eigenvalue weighted by atomic mass is 10.1. The van der Waals surface area contributed by atoms with Gasteiger partial charge in [0.1, 0.15) is 11.6 Å². The summed E-state index contributed by atoms with van der Waals surface area (Å²) < 4.78 is 6.30. The minimum atomic E-state index is 0.563. The van der Waals surface area contributed by atoms with E-state index in [0.717, 1.165) is 38.7 Å². The van der Waals surface area contributed by atoms with Gasteiger partial charge in [-0.05, 0) is 59.5 Å². The Kier molecular flexibility index (Phi) is 3.85. The lowest BCUT2D eigenvalue weighted by Crippen LogP contribution is -2.03. The van der Waals surface area contributed by atoms with Gasteiger partial charge in [-0.25, -0.2) is 9.97 Å². The Hall–Kier alpha value is -1.62. The molecule has 0 unspecified atom stereocenters. The maximum atomic E-state index is 5.31. The number of benzene rings is 1. The molecule has 2 aromatic rings. The van der Waals surface area contributed by atoms with Crippen LogP contribution in [0.3, 0.4) is 0 Å². The van der Waals surface area contributed by atoms with Crippen LogP contribution in [-0.2, 0) is 0 Å². The topological polar surface area (TPSA) is 47.0 Å². The molecule has 110 valence electrons. The molecular weight excluding hydrogens is 330 g/mol. The van der Waals surface area contributed by atoms with Gasteiger partial charge in [-0.1, -0.05) is 0 Å². The molecule has 0 saturated heterocycles. The summed E-state index contributed by atoms with van der Waals surface area (Å²) in [6.07, 6.45) is 2.42. The Morgan fingerprint density at radius 2 is 2.05 bits per heavy atom. The number of nitrogens with one attached hydrogen (secondary N) is 1. The van der Waals surface area contributed by atoms with E-state index in [4.69, 9.17) is 9.72 Å². The fourth-order valence-electron chi connectivity index (χ4n) is 2.40. The fourth-order valence-corrected chi connectivity index (χ4v) is 3.10. The van der Waals surface area contributed by atoms with Gasteiger partial charge in [0, 0.05) is 18.5 Å². The molecule has 0 spiro atoms. The summed E-state index contributed by atoms with van der Waals surface area (Å²) >= 11 is 3.62. The third kappa shape index (κ3) is 2.75. The van der Waals surface area contributed by atoms with Crippen molar-refractivity contribution in [2.24, 2.45) is 0 Å². The normalized spacial score (nSPS) is 14.1. The van der Waals surface area contributed by atoms with Crippen molar-refractivity contribution in [3.05, 3.63) is 33.9 Å². The first-order chi connectivity index (χ1) is 10.1. The van der Waals surface area contributed by atoms with Crippen LogP contribution in [0.25, 0.3) is 11.4 Å². The van der Waals surface area contributed by atoms with Gasteiger partial charge in [-0.15, -0.1) is 0 Å². The zero-order chi connectivity index (χ0) is 15.0. The Bertz CT molecular complexity index is 683. The second-order valence-electron chi connectivity index (χ2n) is 5.30. The average molecular weight is 348 g/mol. The molecule has 1 N–H and O–H groups in total. The van der Waals surface area contributed by atoms with Gasteiger partial charge in [0.15, 0.2) is 5.82 Å². The second kappa shape index (κ2) is 5.64. The van der Waals surface area contributed by atoms with Gasteiger partial charge in [0.25, 0.3) is 0 Å². The van der Waals surface area contributed by atoms with Crippen molar-refractivity contribution in [2.75, 3.05) is 19.5 Å². The molecular formula is C16H18BrN3O. The number of rotatable bonds is 4. The summed E-state index contributed by atoms with van der Waals surface area (Å²) in [7, 11) is 3.56. The Morgan fingerprint density at radius 3 is 2.62 bits per heavy atom. The molecule has 21 heavy (non-hydrogen) atoms. The molecule has 4 nitrogen and oxygen atoms in total. The number of ether oxygens (including phenoxy) is 1. The van der Waals surface area contributed by atoms with E-state index in [0.29, 0.717) is 5.92 Å². The van der Waals surface area contributed by atoms with Crippen molar-refractivity contribution >= 4 is 21.7 Å². The zero-order valence-electron chi connectivity index (χ0n) is 12.4. The summed E-state index contributed by atoms with van der Waals surface area (Å²) in [6.45, 7) is 2.03. The monoisotopic (exact) mass is 347 g/mol. The zero-order valence-corrected chi connectivity index (χ0v) is 14.0. The molecule has 5 heteroatoms. The van der Waals surface area contributed by atoms with E-state index in [1.165, 1.54) is 12.8 Å². The SMILES string of the molecule is CNc1nc(-c2ccc(OC)c(C)c2)nc(C2CC2)c1Br. The smallest absolute Gasteiger partial charge is 0.161 e. The van der Waals surface area contributed by atoms with E-state index in [1.54, 1.807) is 7.11 Å². The number of aryl methyl sites for hydroxylation is 1. The van der Waals surface area contributed by atoms with Gasteiger partial charge in [0.2, 0.25) is 0 Å². The van der Waals surface area contributed by atoms with E-state index >= 15 is 0 Å². The number of methoxy groups -OCH3 is 1. The van der Waals surface area contributed by atoms with E-state index in [2.05, 4.69) is 32.3 Å². The van der Waals surface area contributed by atoms with Crippen LogP contribution < -0.4 is 10.1 Å². The first-order valence-electron chi connectivity index (χ1n) is 7.04. The number of anilines is 1. The van der Waals surface area contributed by atoms with Crippen molar-refractivity contribution in [3.63, 3.8) is 0 Å². The van der Waals surface area contributed by atoms with Crippen LogP contribution in [0, 0.1) is 6.92 Å². The molecule has 0 amide bonds. The van der Waals surface area contributed by atoms with Gasteiger partial charge in [-0.2, -0.15) is 0 Å². The number of nitrogens with zero attached hydrogens (tertiary/aromatic N) is 2. The van der Waals surface area contributed by atoms with Crippen LogP contribution in [-0.4, -0.2) is 24.1 Å². The number of hydrogen-bond donors (Lipinski definition) is 1. The second-order valence-corrected chi connectivity index (χ2v) is 6.10. The highest BCUT2D eigenvalue weighted by atomic mass is 79.9. The van der Waals surface area contributed by atoms with Crippen LogP contribution in [0.5, 0.6) is 5.75 Å². The van der Waals surface area contributed by atoms with Crippen molar-refractivity contribution in [1.82, 2.24) is 9.97 Å². The average Bonchev–Trinajstić information content (AvgIpc) is 3.32. The Morgan fingerprint density at radius 1 is 1.29 bits per heavy atom. The highest BCUT2D eigenvalue weighted by molar-refractivity contribution is 9.10. The number of halogens is 1. The molecule has 1 aromatic carbocycles. The molecule has 3 rings (SSSR count). The number of hydrogen-bond acceptors (Lipinski definition) is 4. The van der Waals surface area contributed by atoms with Crippen molar-refractivity contribution in [1.29, 1.82) is 0 Å². The molecule has 0 aliphatic heterocycles. The highest BCUT2D eigenvalue weighted by Crippen LogP contribution is 2.44. The lowest BCUT2D eigenvalue weighted by molar-refractivity contribution is 0.412. The van der Waals surface area contributed by atoms with Gasteiger partial charge in [-0.3, -0.25) is 0 Å². The first-order valence-corrected chi connectivity index (χ1v) is 7.83. The molecule has 1 heterocycles. The predicted octanol–water partition coefficient (Wildman–Crippen LogP) is 4.14. The molecule has 1 fully saturated rings. The summed E-state index contributed by atoms with van der Waals surface area (Å²) in [5, 5.41) is 3.14. The van der Waals surface area contributed by atoms with E-state index < -0.39 is 0 Å². The molecule has 0 bridgehead atoms. The van der Waals surface area contributed by atoms with Crippen LogP contribution in [0.2, 0.25) is 0 Å². The molecule has 0 atom stereocenters. The molecule has 1 aliphatic rings. The summed E-state index contributed by atoms with van der Waals surface area (Å²) in [5.41, 5.74) is 3.21. The van der Waals surface area contributed by atoms with Gasteiger partial charge in [0.05, 0.1) is 17.3 Å². The number of aromatic nitrogens is 2. The molecule has 1 aromatic heterocycles. The largest absolute Gasteiger partial charge is 0.496 e. The standard InChI is InChI=1S/C16H18BrN3O/c1-9-8-11(6-7-12(9)21-3)15-19-14(10-4-5-10)13(17)16(18-2)20-15/h6-8,10H,4-5H2,1-3H3,(H,18,19,20). The Labute approximate surface area is 133 Å². The van der Waals surface area contributed by atoms with Crippen LogP contribution in [0.1, 0.15) is 30.0 Å². The fraction of sp³-hybridized carbons (Fsp3) is 0.375. The minimum absolute atomic E-state index is 0.563. The highest BCUT2D eigenvalue weighted by Gasteiger charge is 2.29. The summed E-state index contributed by atoms with van der Waals surface area (Å²) in [5.74, 6) is 3.05. The van der Waals surface area contributed by atoms with E-state index in [-0.39, 0.29) is 0 Å². The van der Waals surface area contributed by atoms with Gasteiger partial charge < -0.3 is 10.1 Å². The van der Waals surface area contributed by atoms with E-state index in [1.807, 2.05) is 26.1 Å². The predicted molar refractivity (Wildman–Crippen MR) is 88.0 cm³/mol. The Balaban J connectivity index is 2.09. The van der Waals surface area contributed by atoms with E-state index in [9.17, 15) is 0 Å². The van der Waals surface area contributed by atoms with Crippen molar-refractivity contribution in [3.8, 4) is 17.1 Å². The van der Waals surface area contributed by atoms with Gasteiger partial charge >= 0.3 is 0 Å². The van der Waals surface area contributed by atoms with Crippen molar-refractivity contribution < 1.29 is 4.74 Å². The molecule has 0 radical (unpaired) electrons.